The lowest BCUT2D eigenvalue weighted by Crippen LogP contribution is -2.47. The third-order valence-electron chi connectivity index (χ3n) is 5.98. The Labute approximate surface area is 190 Å². The van der Waals surface area contributed by atoms with Gasteiger partial charge in [0, 0.05) is 18.0 Å². The Morgan fingerprint density at radius 3 is 2.84 bits per heavy atom. The maximum absolute atomic E-state index is 13.4. The van der Waals surface area contributed by atoms with Gasteiger partial charge in [0.1, 0.15) is 12.4 Å². The van der Waals surface area contributed by atoms with Gasteiger partial charge >= 0.3 is 0 Å². The van der Waals surface area contributed by atoms with E-state index in [1.165, 1.54) is 16.0 Å². The molecule has 0 saturated heterocycles. The number of fused-ring (bicyclic) bond motifs is 1. The number of thiophene rings is 1. The Morgan fingerprint density at radius 1 is 1.32 bits per heavy atom. The standard InChI is InChI=1S/C25H36N2O3S/c1-5-11-26(15-20(28)6-2)16-25(29)27-12-9-24-21(10-13-31-24)22(27)17-30-23-8-7-18(3)14-19(23)4/h7-8,10,13-14,20,22,28H,5-6,9,11-12,15-17H2,1-4H3/t20-,22+/m0/s1. The molecule has 170 valence electrons. The lowest BCUT2D eigenvalue weighted by molar-refractivity contribution is -0.136. The fourth-order valence-electron chi connectivity index (χ4n) is 4.26. The van der Waals surface area contributed by atoms with Crippen LogP contribution < -0.4 is 4.74 Å². The Hall–Kier alpha value is -1.89. The molecule has 0 unspecified atom stereocenters. The molecular weight excluding hydrogens is 408 g/mol. The largest absolute Gasteiger partial charge is 0.491 e. The number of nitrogens with zero attached hydrogens (tertiary/aromatic N) is 2. The van der Waals surface area contributed by atoms with Crippen molar-refractivity contribution in [1.29, 1.82) is 0 Å². The second-order valence-electron chi connectivity index (χ2n) is 8.53. The molecule has 0 fully saturated rings. The van der Waals surface area contributed by atoms with Crippen LogP contribution in [0.4, 0.5) is 0 Å². The topological polar surface area (TPSA) is 53.0 Å². The van der Waals surface area contributed by atoms with Crippen LogP contribution in [0.1, 0.15) is 54.3 Å². The first kappa shape index (κ1) is 23.8. The Balaban J connectivity index is 1.74. The van der Waals surface area contributed by atoms with Crippen molar-refractivity contribution in [3.63, 3.8) is 0 Å². The van der Waals surface area contributed by atoms with E-state index < -0.39 is 6.10 Å². The number of aryl methyl sites for hydroxylation is 2. The highest BCUT2D eigenvalue weighted by Crippen LogP contribution is 2.34. The fraction of sp³-hybridized carbons (Fsp3) is 0.560. The predicted octanol–water partition coefficient (Wildman–Crippen LogP) is 4.35. The number of hydrogen-bond acceptors (Lipinski definition) is 5. The summed E-state index contributed by atoms with van der Waals surface area (Å²) in [6.45, 7) is 11.1. The summed E-state index contributed by atoms with van der Waals surface area (Å²) in [5.41, 5.74) is 3.54. The minimum atomic E-state index is -0.396. The molecule has 0 radical (unpaired) electrons. The summed E-state index contributed by atoms with van der Waals surface area (Å²) >= 11 is 1.77. The highest BCUT2D eigenvalue weighted by molar-refractivity contribution is 7.10. The van der Waals surface area contributed by atoms with Gasteiger partial charge in [-0.15, -0.1) is 11.3 Å². The van der Waals surface area contributed by atoms with Crippen molar-refractivity contribution in [2.45, 2.75) is 59.1 Å². The Bertz CT molecular complexity index is 866. The summed E-state index contributed by atoms with van der Waals surface area (Å²) < 4.78 is 6.23. The third-order valence-corrected chi connectivity index (χ3v) is 6.98. The monoisotopic (exact) mass is 444 g/mol. The summed E-state index contributed by atoms with van der Waals surface area (Å²) in [6.07, 6.45) is 2.15. The molecule has 2 atom stereocenters. The van der Waals surface area contributed by atoms with Gasteiger partial charge in [0.2, 0.25) is 5.91 Å². The lowest BCUT2D eigenvalue weighted by atomic mass is 10.00. The van der Waals surface area contributed by atoms with E-state index in [2.05, 4.69) is 49.3 Å². The summed E-state index contributed by atoms with van der Waals surface area (Å²) in [5, 5.41) is 12.2. The van der Waals surface area contributed by atoms with Crippen LogP contribution in [0, 0.1) is 13.8 Å². The number of rotatable bonds is 10. The van der Waals surface area contributed by atoms with E-state index in [4.69, 9.17) is 4.74 Å². The highest BCUT2D eigenvalue weighted by atomic mass is 32.1. The number of benzene rings is 1. The van der Waals surface area contributed by atoms with Crippen molar-refractivity contribution in [3.8, 4) is 5.75 Å². The predicted molar refractivity (Wildman–Crippen MR) is 127 cm³/mol. The van der Waals surface area contributed by atoms with Gasteiger partial charge in [0.15, 0.2) is 0 Å². The van der Waals surface area contributed by atoms with E-state index in [1.54, 1.807) is 11.3 Å². The molecule has 1 aliphatic rings. The number of hydrogen-bond donors (Lipinski definition) is 1. The number of ether oxygens (including phenoxy) is 1. The van der Waals surface area contributed by atoms with E-state index in [-0.39, 0.29) is 11.9 Å². The third kappa shape index (κ3) is 6.09. The van der Waals surface area contributed by atoms with Gasteiger partial charge in [0.25, 0.3) is 0 Å². The molecule has 0 aliphatic carbocycles. The number of amides is 1. The Kier molecular flexibility index (Phi) is 8.52. The molecule has 3 rings (SSSR count). The van der Waals surface area contributed by atoms with E-state index in [9.17, 15) is 9.90 Å². The molecule has 0 saturated carbocycles. The molecule has 0 spiro atoms. The van der Waals surface area contributed by atoms with Crippen LogP contribution in [0.15, 0.2) is 29.6 Å². The number of carbonyl (C=O) groups is 1. The normalized spacial score (nSPS) is 17.0. The number of aliphatic hydroxyl groups excluding tert-OH is 1. The molecule has 1 aromatic carbocycles. The van der Waals surface area contributed by atoms with Crippen molar-refractivity contribution in [3.05, 3.63) is 51.2 Å². The summed E-state index contributed by atoms with van der Waals surface area (Å²) in [4.78, 5) is 18.8. The van der Waals surface area contributed by atoms with Gasteiger partial charge in [0.05, 0.1) is 18.7 Å². The number of aliphatic hydroxyl groups is 1. The smallest absolute Gasteiger partial charge is 0.237 e. The molecule has 2 heterocycles. The second kappa shape index (κ2) is 11.1. The average molecular weight is 445 g/mol. The molecule has 1 N–H and O–H groups in total. The SMILES string of the molecule is CCCN(CC(=O)N1CCc2sccc2[C@H]1COc1ccc(C)cc1C)C[C@@H](O)CC. The first-order valence-electron chi connectivity index (χ1n) is 11.4. The van der Waals surface area contributed by atoms with E-state index >= 15 is 0 Å². The zero-order valence-corrected chi connectivity index (χ0v) is 20.1. The van der Waals surface area contributed by atoms with Crippen LogP contribution in [-0.4, -0.2) is 59.7 Å². The summed E-state index contributed by atoms with van der Waals surface area (Å²) in [7, 11) is 0. The maximum Gasteiger partial charge on any atom is 0.237 e. The van der Waals surface area contributed by atoms with Gasteiger partial charge in [-0.05, 0) is 68.3 Å². The maximum atomic E-state index is 13.4. The van der Waals surface area contributed by atoms with Crippen molar-refractivity contribution in [2.75, 3.05) is 32.8 Å². The molecule has 6 heteroatoms. The Morgan fingerprint density at radius 2 is 2.13 bits per heavy atom. The summed E-state index contributed by atoms with van der Waals surface area (Å²) in [6, 6.07) is 8.26. The van der Waals surface area contributed by atoms with Gasteiger partial charge in [-0.25, -0.2) is 0 Å². The molecule has 31 heavy (non-hydrogen) atoms. The minimum Gasteiger partial charge on any atom is -0.491 e. The van der Waals surface area contributed by atoms with Gasteiger partial charge in [-0.1, -0.05) is 31.5 Å². The van der Waals surface area contributed by atoms with Crippen LogP contribution in [0.3, 0.4) is 0 Å². The van der Waals surface area contributed by atoms with Crippen LogP contribution in [0.2, 0.25) is 0 Å². The first-order chi connectivity index (χ1) is 14.9. The van der Waals surface area contributed by atoms with E-state index in [0.717, 1.165) is 30.7 Å². The highest BCUT2D eigenvalue weighted by Gasteiger charge is 2.33. The van der Waals surface area contributed by atoms with Crippen molar-refractivity contribution in [1.82, 2.24) is 9.80 Å². The quantitative estimate of drug-likeness (QED) is 0.592. The molecular formula is C25H36N2O3S. The zero-order chi connectivity index (χ0) is 22.4. The first-order valence-corrected chi connectivity index (χ1v) is 12.3. The second-order valence-corrected chi connectivity index (χ2v) is 9.53. The van der Waals surface area contributed by atoms with Gasteiger partial charge < -0.3 is 14.7 Å². The molecule has 2 aromatic rings. The van der Waals surface area contributed by atoms with Gasteiger partial charge in [-0.2, -0.15) is 0 Å². The van der Waals surface area contributed by atoms with Crippen molar-refractivity contribution in [2.24, 2.45) is 0 Å². The number of carbonyl (C=O) groups excluding carboxylic acids is 1. The van der Waals surface area contributed by atoms with Crippen LogP contribution in [0.25, 0.3) is 0 Å². The van der Waals surface area contributed by atoms with Gasteiger partial charge in [-0.3, -0.25) is 9.69 Å². The van der Waals surface area contributed by atoms with Crippen LogP contribution >= 0.6 is 11.3 Å². The van der Waals surface area contributed by atoms with Crippen LogP contribution in [0.5, 0.6) is 5.75 Å². The fourth-order valence-corrected chi connectivity index (χ4v) is 5.19. The minimum absolute atomic E-state index is 0.0808. The summed E-state index contributed by atoms with van der Waals surface area (Å²) in [5.74, 6) is 0.988. The lowest BCUT2D eigenvalue weighted by Gasteiger charge is -2.37. The van der Waals surface area contributed by atoms with Crippen LogP contribution in [-0.2, 0) is 11.2 Å². The van der Waals surface area contributed by atoms with E-state index in [0.29, 0.717) is 32.7 Å². The molecule has 1 aromatic heterocycles. The molecule has 1 amide bonds. The average Bonchev–Trinajstić information content (AvgIpc) is 3.22. The molecule has 1 aliphatic heterocycles. The van der Waals surface area contributed by atoms with Crippen molar-refractivity contribution >= 4 is 17.2 Å². The van der Waals surface area contributed by atoms with Crippen molar-refractivity contribution < 1.29 is 14.6 Å². The van der Waals surface area contributed by atoms with E-state index in [1.807, 2.05) is 17.9 Å². The zero-order valence-electron chi connectivity index (χ0n) is 19.3. The molecule has 0 bridgehead atoms. The molecule has 5 nitrogen and oxygen atoms in total.